The molecule has 45 heavy (non-hydrogen) atoms. The number of nitrogens with zero attached hydrogens (tertiary/aromatic N) is 5. The summed E-state index contributed by atoms with van der Waals surface area (Å²) in [7, 11) is 4.42. The Labute approximate surface area is 272 Å². The van der Waals surface area contributed by atoms with Crippen LogP contribution in [0.1, 0.15) is 58.3 Å². The van der Waals surface area contributed by atoms with Crippen molar-refractivity contribution < 1.29 is 4.74 Å². The van der Waals surface area contributed by atoms with Gasteiger partial charge in [-0.25, -0.2) is 15.4 Å². The van der Waals surface area contributed by atoms with Crippen molar-refractivity contribution in [2.75, 3.05) is 86.1 Å². The largest absolute Gasteiger partial charge is 0.361 e. The number of rotatable bonds is 3. The van der Waals surface area contributed by atoms with Crippen LogP contribution in [0.2, 0.25) is 0 Å². The fourth-order valence-electron chi connectivity index (χ4n) is 10.4. The number of likely N-dealkylation sites (tertiary alicyclic amines) is 3. The van der Waals surface area contributed by atoms with E-state index in [0.29, 0.717) is 47.8 Å². The number of nitrogens with one attached hydrogen (secondary N) is 6. The topological polar surface area (TPSA) is 97.6 Å². The van der Waals surface area contributed by atoms with Gasteiger partial charge in [0.05, 0.1) is 31.3 Å². The van der Waals surface area contributed by atoms with E-state index in [1.165, 1.54) is 77.9 Å². The quantitative estimate of drug-likeness (QED) is 0.245. The molecule has 8 fully saturated rings. The van der Waals surface area contributed by atoms with E-state index >= 15 is 0 Å². The molecule has 12 heteroatoms. The molecule has 8 saturated heterocycles. The number of hydrogen-bond acceptors (Lipinski definition) is 12. The zero-order chi connectivity index (χ0) is 30.5. The van der Waals surface area contributed by atoms with Gasteiger partial charge < -0.3 is 25.2 Å². The molecule has 8 heterocycles. The van der Waals surface area contributed by atoms with E-state index in [1.54, 1.807) is 0 Å². The molecule has 12 nitrogen and oxygen atoms in total. The van der Waals surface area contributed by atoms with Gasteiger partial charge in [-0.3, -0.25) is 21.0 Å². The number of hydrogen-bond donors (Lipinski definition) is 6. The van der Waals surface area contributed by atoms with Crippen molar-refractivity contribution in [3.63, 3.8) is 0 Å². The third-order valence-electron chi connectivity index (χ3n) is 13.4. The molecule has 1 spiro atoms. The fraction of sp³-hybridized carbons (Fsp3) is 1.00. The summed E-state index contributed by atoms with van der Waals surface area (Å²) in [6, 6.07) is 0.955. The Balaban J connectivity index is 0.902. The van der Waals surface area contributed by atoms with Gasteiger partial charge in [-0.05, 0) is 109 Å². The fourth-order valence-corrected chi connectivity index (χ4v) is 10.4. The second kappa shape index (κ2) is 13.4. The molecule has 10 atom stereocenters. The van der Waals surface area contributed by atoms with Crippen molar-refractivity contribution in [1.82, 2.24) is 56.8 Å². The van der Waals surface area contributed by atoms with Crippen LogP contribution in [0.3, 0.4) is 0 Å². The highest BCUT2D eigenvalue weighted by molar-refractivity contribution is 5.03. The number of piperidine rings is 3. The predicted molar refractivity (Wildman–Crippen MR) is 177 cm³/mol. The first kappa shape index (κ1) is 31.8. The highest BCUT2D eigenvalue weighted by Gasteiger charge is 2.50. The molecule has 0 aromatic rings. The first-order chi connectivity index (χ1) is 21.9. The van der Waals surface area contributed by atoms with Crippen LogP contribution in [0.5, 0.6) is 0 Å². The van der Waals surface area contributed by atoms with Crippen LogP contribution in [0, 0.1) is 23.2 Å². The monoisotopic (exact) mass is 630 g/mol. The van der Waals surface area contributed by atoms with Crippen molar-refractivity contribution in [3.05, 3.63) is 0 Å². The highest BCUT2D eigenvalue weighted by atomic mass is 16.5. The maximum absolute atomic E-state index is 6.63. The molecule has 9 unspecified atom stereocenters. The van der Waals surface area contributed by atoms with Crippen LogP contribution >= 0.6 is 0 Å². The molecule has 0 amide bonds. The van der Waals surface area contributed by atoms with Gasteiger partial charge in [-0.15, -0.1) is 0 Å². The molecule has 0 aliphatic carbocycles. The van der Waals surface area contributed by atoms with E-state index in [4.69, 9.17) is 4.74 Å². The van der Waals surface area contributed by atoms with Gasteiger partial charge in [0.15, 0.2) is 0 Å². The summed E-state index contributed by atoms with van der Waals surface area (Å²) < 4.78 is 6.63. The molecule has 0 aromatic carbocycles. The third-order valence-corrected chi connectivity index (χ3v) is 13.4. The van der Waals surface area contributed by atoms with Gasteiger partial charge in [0.1, 0.15) is 6.23 Å². The minimum absolute atomic E-state index is 0.0740. The SMILES string of the molecule is C[C@H]1CCOC2C(CNN2C)C2NCCC(NC3CC4C(CN3)C(N3CCC(CN5CCC6(CCN(C)CC6)CC5)C3)NN41)N2. The molecule has 8 aliphatic heterocycles. The summed E-state index contributed by atoms with van der Waals surface area (Å²) in [6.07, 6.45) is 11.7. The number of hydrazine groups is 2. The average molecular weight is 630 g/mol. The molecule has 256 valence electrons. The molecule has 0 aromatic heterocycles. The Morgan fingerprint density at radius 2 is 1.67 bits per heavy atom. The van der Waals surface area contributed by atoms with Crippen molar-refractivity contribution in [2.24, 2.45) is 23.2 Å². The molecule has 0 saturated carbocycles. The van der Waals surface area contributed by atoms with E-state index < -0.39 is 0 Å². The first-order valence-electron chi connectivity index (χ1n) is 18.7. The van der Waals surface area contributed by atoms with Crippen molar-refractivity contribution in [3.8, 4) is 0 Å². The second-order valence-electron chi connectivity index (χ2n) is 16.3. The summed E-state index contributed by atoms with van der Waals surface area (Å²) in [5.41, 5.74) is 8.31. The lowest BCUT2D eigenvalue weighted by atomic mass is 9.71. The first-order valence-corrected chi connectivity index (χ1v) is 18.7. The maximum Gasteiger partial charge on any atom is 0.129 e. The van der Waals surface area contributed by atoms with Gasteiger partial charge >= 0.3 is 0 Å². The van der Waals surface area contributed by atoms with Crippen molar-refractivity contribution >= 4 is 0 Å². The lowest BCUT2D eigenvalue weighted by Gasteiger charge is -2.46. The predicted octanol–water partition coefficient (Wildman–Crippen LogP) is -0.408. The van der Waals surface area contributed by atoms with E-state index in [1.807, 2.05) is 0 Å². The zero-order valence-corrected chi connectivity index (χ0v) is 28.4. The van der Waals surface area contributed by atoms with Gasteiger partial charge in [0, 0.05) is 63.7 Å². The molecular weight excluding hydrogens is 566 g/mol. The molecule has 0 radical (unpaired) electrons. The van der Waals surface area contributed by atoms with E-state index in [-0.39, 0.29) is 12.4 Å². The summed E-state index contributed by atoms with van der Waals surface area (Å²) in [5.74, 6) is 1.76. The van der Waals surface area contributed by atoms with Crippen LogP contribution in [0.25, 0.3) is 0 Å². The Bertz CT molecular complexity index is 988. The summed E-state index contributed by atoms with van der Waals surface area (Å²) in [6.45, 7) is 15.2. The number of ether oxygens (including phenoxy) is 1. The molecule has 8 rings (SSSR count). The Kier molecular flexibility index (Phi) is 9.49. The smallest absolute Gasteiger partial charge is 0.129 e. The Morgan fingerprint density at radius 1 is 0.844 bits per heavy atom. The Hall–Kier alpha value is -0.480. The standard InChI is InChI=1S/C33H63N11O/c1-23-6-17-45-32-26(20-36-41(32)3)30-34-11-4-28(38-30)37-29-18-27-25(19-35-29)31(39-44(23)27)43-12-5-24(22-43)21-42-15-9-33(10-16-42)7-13-40(2)14-8-33/h23-32,34-39H,4-22H2,1-3H3/t23-,24?,25?,26?,27?,28?,29?,30?,31?,32?/m0/s1. The van der Waals surface area contributed by atoms with Gasteiger partial charge in [0.25, 0.3) is 0 Å². The zero-order valence-electron chi connectivity index (χ0n) is 28.4. The lowest BCUT2D eigenvalue weighted by molar-refractivity contribution is -0.0793. The van der Waals surface area contributed by atoms with Gasteiger partial charge in [-0.2, -0.15) is 0 Å². The van der Waals surface area contributed by atoms with Crippen LogP contribution in [-0.2, 0) is 4.74 Å². The summed E-state index contributed by atoms with van der Waals surface area (Å²) in [4.78, 5) is 8.17. The van der Waals surface area contributed by atoms with Crippen LogP contribution in [0.15, 0.2) is 0 Å². The molecule has 6 N–H and O–H groups in total. The third kappa shape index (κ3) is 6.61. The average Bonchev–Trinajstić information content (AvgIpc) is 3.77. The summed E-state index contributed by atoms with van der Waals surface area (Å²) in [5, 5.41) is 20.5. The van der Waals surface area contributed by atoms with Gasteiger partial charge in [0.2, 0.25) is 0 Å². The van der Waals surface area contributed by atoms with Crippen LogP contribution in [0.4, 0.5) is 0 Å². The van der Waals surface area contributed by atoms with Crippen molar-refractivity contribution in [2.45, 2.75) is 101 Å². The van der Waals surface area contributed by atoms with E-state index in [9.17, 15) is 0 Å². The molecular formula is C33H63N11O. The molecule has 8 aliphatic rings. The van der Waals surface area contributed by atoms with Gasteiger partial charge in [-0.1, -0.05) is 0 Å². The Morgan fingerprint density at radius 3 is 2.51 bits per heavy atom. The minimum Gasteiger partial charge on any atom is -0.361 e. The molecule has 4 bridgehead atoms. The van der Waals surface area contributed by atoms with Crippen LogP contribution in [-0.4, -0.2) is 154 Å². The second-order valence-corrected chi connectivity index (χ2v) is 16.3. The maximum atomic E-state index is 6.63. The normalized spacial score (nSPS) is 45.9. The van der Waals surface area contributed by atoms with E-state index in [0.717, 1.165) is 51.4 Å². The van der Waals surface area contributed by atoms with E-state index in [2.05, 4.69) is 77.9 Å². The highest BCUT2D eigenvalue weighted by Crippen LogP contribution is 2.41. The summed E-state index contributed by atoms with van der Waals surface area (Å²) >= 11 is 0. The van der Waals surface area contributed by atoms with Crippen LogP contribution < -0.4 is 32.1 Å². The lowest BCUT2D eigenvalue weighted by Crippen LogP contribution is -2.67. The minimum atomic E-state index is 0.0740. The number of fused-ring (bicyclic) bond motifs is 5. The van der Waals surface area contributed by atoms with Crippen molar-refractivity contribution in [1.29, 1.82) is 0 Å².